The van der Waals surface area contributed by atoms with Crippen molar-refractivity contribution in [2.45, 2.75) is 52.1 Å². The molecule has 0 aromatic carbocycles. The van der Waals surface area contributed by atoms with Crippen molar-refractivity contribution in [1.29, 1.82) is 0 Å². The SMILES string of the molecule is CCS(=O)(=O)CCCN(CC1CCCN1)C(C)C. The van der Waals surface area contributed by atoms with E-state index in [1.54, 1.807) is 6.92 Å². The van der Waals surface area contributed by atoms with Crippen molar-refractivity contribution in [3.63, 3.8) is 0 Å². The summed E-state index contributed by atoms with van der Waals surface area (Å²) >= 11 is 0. The molecule has 5 heteroatoms. The van der Waals surface area contributed by atoms with Crippen molar-refractivity contribution in [1.82, 2.24) is 10.2 Å². The molecule has 18 heavy (non-hydrogen) atoms. The summed E-state index contributed by atoms with van der Waals surface area (Å²) in [6, 6.07) is 1.08. The lowest BCUT2D eigenvalue weighted by Gasteiger charge is -2.29. The van der Waals surface area contributed by atoms with E-state index in [4.69, 9.17) is 0 Å². The lowest BCUT2D eigenvalue weighted by Crippen LogP contribution is -2.42. The summed E-state index contributed by atoms with van der Waals surface area (Å²) in [7, 11) is -2.81. The lowest BCUT2D eigenvalue weighted by atomic mass is 10.2. The normalized spacial score (nSPS) is 21.1. The van der Waals surface area contributed by atoms with Gasteiger partial charge in [-0.15, -0.1) is 0 Å². The highest BCUT2D eigenvalue weighted by molar-refractivity contribution is 7.91. The molecular weight excluding hydrogens is 248 g/mol. The highest BCUT2D eigenvalue weighted by Crippen LogP contribution is 2.10. The first-order valence-corrected chi connectivity index (χ1v) is 8.94. The molecule has 0 amide bonds. The fraction of sp³-hybridized carbons (Fsp3) is 1.00. The lowest BCUT2D eigenvalue weighted by molar-refractivity contribution is 0.203. The molecule has 1 aliphatic rings. The molecule has 1 saturated heterocycles. The minimum Gasteiger partial charge on any atom is -0.313 e. The van der Waals surface area contributed by atoms with Crippen LogP contribution in [0, 0.1) is 0 Å². The molecule has 0 radical (unpaired) electrons. The van der Waals surface area contributed by atoms with E-state index in [9.17, 15) is 8.42 Å². The molecule has 1 rings (SSSR count). The second-order valence-corrected chi connectivity index (χ2v) is 7.94. The molecule has 1 fully saturated rings. The second kappa shape index (κ2) is 7.46. The maximum Gasteiger partial charge on any atom is 0.150 e. The van der Waals surface area contributed by atoms with Gasteiger partial charge in [-0.05, 0) is 46.2 Å². The first-order chi connectivity index (χ1) is 8.44. The number of hydrogen-bond acceptors (Lipinski definition) is 4. The first-order valence-electron chi connectivity index (χ1n) is 7.12. The molecule has 1 unspecified atom stereocenters. The quantitative estimate of drug-likeness (QED) is 0.725. The third-order valence-electron chi connectivity index (χ3n) is 3.69. The van der Waals surface area contributed by atoms with Crippen LogP contribution in [0.25, 0.3) is 0 Å². The predicted molar refractivity (Wildman–Crippen MR) is 76.7 cm³/mol. The van der Waals surface area contributed by atoms with Gasteiger partial charge in [0.15, 0.2) is 0 Å². The van der Waals surface area contributed by atoms with E-state index in [-0.39, 0.29) is 5.75 Å². The first kappa shape index (κ1) is 15.9. The molecule has 0 bridgehead atoms. The molecule has 0 aromatic rings. The molecule has 1 heterocycles. The summed E-state index contributed by atoms with van der Waals surface area (Å²) in [5.41, 5.74) is 0. The Morgan fingerprint density at radius 1 is 1.39 bits per heavy atom. The van der Waals surface area contributed by atoms with Crippen molar-refractivity contribution in [3.05, 3.63) is 0 Å². The fourth-order valence-corrected chi connectivity index (χ4v) is 3.25. The van der Waals surface area contributed by atoms with Crippen molar-refractivity contribution < 1.29 is 8.42 Å². The Morgan fingerprint density at radius 2 is 2.11 bits per heavy atom. The molecule has 0 aromatic heterocycles. The van der Waals surface area contributed by atoms with Gasteiger partial charge in [0, 0.05) is 24.4 Å². The Morgan fingerprint density at radius 3 is 2.61 bits per heavy atom. The average Bonchev–Trinajstić information content (AvgIpc) is 2.80. The van der Waals surface area contributed by atoms with Gasteiger partial charge in [-0.3, -0.25) is 4.90 Å². The van der Waals surface area contributed by atoms with Crippen LogP contribution in [0.4, 0.5) is 0 Å². The minimum atomic E-state index is -2.81. The molecule has 0 spiro atoms. The average molecular weight is 276 g/mol. The second-order valence-electron chi connectivity index (χ2n) is 5.47. The van der Waals surface area contributed by atoms with Crippen LogP contribution in [0.15, 0.2) is 0 Å². The standard InChI is InChI=1S/C13H28N2O2S/c1-4-18(16,17)10-6-9-15(12(2)3)11-13-7-5-8-14-13/h12-14H,4-11H2,1-3H3. The third-order valence-corrected chi connectivity index (χ3v) is 5.48. The molecule has 1 atom stereocenters. The summed E-state index contributed by atoms with van der Waals surface area (Å²) in [6.45, 7) is 9.14. The zero-order valence-corrected chi connectivity index (χ0v) is 12.8. The fourth-order valence-electron chi connectivity index (χ4n) is 2.39. The number of hydrogen-bond donors (Lipinski definition) is 1. The van der Waals surface area contributed by atoms with Gasteiger partial charge in [-0.1, -0.05) is 6.92 Å². The Labute approximate surface area is 112 Å². The molecule has 1 aliphatic heterocycles. The van der Waals surface area contributed by atoms with Gasteiger partial charge in [0.05, 0.1) is 5.75 Å². The van der Waals surface area contributed by atoms with E-state index < -0.39 is 9.84 Å². The highest BCUT2D eigenvalue weighted by atomic mass is 32.2. The van der Waals surface area contributed by atoms with Gasteiger partial charge >= 0.3 is 0 Å². The Hall–Kier alpha value is -0.130. The van der Waals surface area contributed by atoms with Crippen LogP contribution in [0.2, 0.25) is 0 Å². The van der Waals surface area contributed by atoms with Crippen LogP contribution in [0.3, 0.4) is 0 Å². The maximum atomic E-state index is 11.5. The summed E-state index contributed by atoms with van der Waals surface area (Å²) in [6.07, 6.45) is 3.26. The Kier molecular flexibility index (Phi) is 6.60. The number of nitrogens with one attached hydrogen (secondary N) is 1. The van der Waals surface area contributed by atoms with Gasteiger partial charge in [-0.25, -0.2) is 8.42 Å². The van der Waals surface area contributed by atoms with E-state index in [0.717, 1.165) is 26.1 Å². The van der Waals surface area contributed by atoms with Crippen LogP contribution in [-0.2, 0) is 9.84 Å². The van der Waals surface area contributed by atoms with Crippen molar-refractivity contribution in [2.24, 2.45) is 0 Å². The topological polar surface area (TPSA) is 49.4 Å². The van der Waals surface area contributed by atoms with Gasteiger partial charge in [0.1, 0.15) is 9.84 Å². The van der Waals surface area contributed by atoms with E-state index in [2.05, 4.69) is 24.1 Å². The van der Waals surface area contributed by atoms with Crippen LogP contribution in [0.1, 0.15) is 40.0 Å². The van der Waals surface area contributed by atoms with Crippen LogP contribution in [0.5, 0.6) is 0 Å². The predicted octanol–water partition coefficient (Wildman–Crippen LogP) is 1.27. The van der Waals surface area contributed by atoms with E-state index in [1.807, 2.05) is 0 Å². The van der Waals surface area contributed by atoms with E-state index in [1.165, 1.54) is 12.8 Å². The molecule has 108 valence electrons. The van der Waals surface area contributed by atoms with Crippen LogP contribution in [-0.4, -0.2) is 56.5 Å². The van der Waals surface area contributed by atoms with Crippen molar-refractivity contribution >= 4 is 9.84 Å². The number of sulfone groups is 1. The van der Waals surface area contributed by atoms with E-state index in [0.29, 0.717) is 17.8 Å². The molecule has 0 aliphatic carbocycles. The van der Waals surface area contributed by atoms with Gasteiger partial charge in [-0.2, -0.15) is 0 Å². The smallest absolute Gasteiger partial charge is 0.150 e. The monoisotopic (exact) mass is 276 g/mol. The highest BCUT2D eigenvalue weighted by Gasteiger charge is 2.19. The van der Waals surface area contributed by atoms with Gasteiger partial charge in [0.2, 0.25) is 0 Å². The molecule has 0 saturated carbocycles. The van der Waals surface area contributed by atoms with Crippen LogP contribution < -0.4 is 5.32 Å². The van der Waals surface area contributed by atoms with Crippen molar-refractivity contribution in [2.75, 3.05) is 31.1 Å². The molecular formula is C13H28N2O2S. The zero-order valence-electron chi connectivity index (χ0n) is 12.0. The number of nitrogens with zero attached hydrogens (tertiary/aromatic N) is 1. The largest absolute Gasteiger partial charge is 0.313 e. The summed E-state index contributed by atoms with van der Waals surface area (Å²) in [4.78, 5) is 2.40. The summed E-state index contributed by atoms with van der Waals surface area (Å²) < 4.78 is 22.9. The molecule has 4 nitrogen and oxygen atoms in total. The maximum absolute atomic E-state index is 11.5. The summed E-state index contributed by atoms with van der Waals surface area (Å²) in [5, 5.41) is 3.50. The minimum absolute atomic E-state index is 0.263. The zero-order chi connectivity index (χ0) is 13.6. The van der Waals surface area contributed by atoms with Crippen molar-refractivity contribution in [3.8, 4) is 0 Å². The molecule has 1 N–H and O–H groups in total. The summed E-state index contributed by atoms with van der Waals surface area (Å²) in [5.74, 6) is 0.587. The Bertz CT molecular complexity index is 322. The van der Waals surface area contributed by atoms with E-state index >= 15 is 0 Å². The third kappa shape index (κ3) is 5.67. The number of rotatable bonds is 8. The van der Waals surface area contributed by atoms with Gasteiger partial charge < -0.3 is 5.32 Å². The van der Waals surface area contributed by atoms with Gasteiger partial charge in [0.25, 0.3) is 0 Å². The Balaban J connectivity index is 2.33. The van der Waals surface area contributed by atoms with Crippen LogP contribution >= 0.6 is 0 Å².